The lowest BCUT2D eigenvalue weighted by Crippen LogP contribution is -2.08. The van der Waals surface area contributed by atoms with Gasteiger partial charge in [0.25, 0.3) is 0 Å². The SMILES string of the molecule is Brc1cnc(NCc2ccnc3ccnn23)nc1. The molecule has 0 bridgehead atoms. The van der Waals surface area contributed by atoms with E-state index in [9.17, 15) is 0 Å². The summed E-state index contributed by atoms with van der Waals surface area (Å²) in [7, 11) is 0. The van der Waals surface area contributed by atoms with Crippen LogP contribution >= 0.6 is 15.9 Å². The Hall–Kier alpha value is -2.02. The molecule has 0 aliphatic heterocycles. The van der Waals surface area contributed by atoms with Crippen molar-refractivity contribution in [2.45, 2.75) is 6.54 Å². The van der Waals surface area contributed by atoms with Gasteiger partial charge in [-0.2, -0.15) is 5.10 Å². The lowest BCUT2D eigenvalue weighted by atomic mass is 10.4. The van der Waals surface area contributed by atoms with Gasteiger partial charge in [-0.1, -0.05) is 0 Å². The summed E-state index contributed by atoms with van der Waals surface area (Å²) in [6.07, 6.45) is 6.88. The number of rotatable bonds is 3. The first-order valence-corrected chi connectivity index (χ1v) is 6.11. The fraction of sp³-hybridized carbons (Fsp3) is 0.0909. The molecule has 90 valence electrons. The van der Waals surface area contributed by atoms with Crippen molar-refractivity contribution in [1.82, 2.24) is 24.6 Å². The summed E-state index contributed by atoms with van der Waals surface area (Å²) in [4.78, 5) is 12.5. The van der Waals surface area contributed by atoms with Gasteiger partial charge in [0.15, 0.2) is 5.65 Å². The van der Waals surface area contributed by atoms with Gasteiger partial charge in [0.2, 0.25) is 5.95 Å². The highest BCUT2D eigenvalue weighted by Crippen LogP contribution is 2.08. The fourth-order valence-corrected chi connectivity index (χ4v) is 1.80. The Kier molecular flexibility index (Phi) is 2.89. The number of fused-ring (bicyclic) bond motifs is 1. The van der Waals surface area contributed by atoms with Gasteiger partial charge >= 0.3 is 0 Å². The largest absolute Gasteiger partial charge is 0.349 e. The van der Waals surface area contributed by atoms with E-state index in [1.165, 1.54) is 0 Å². The molecule has 0 saturated carbocycles. The van der Waals surface area contributed by atoms with Crippen LogP contribution in [0.4, 0.5) is 5.95 Å². The van der Waals surface area contributed by atoms with Gasteiger partial charge in [-0.25, -0.2) is 19.5 Å². The minimum atomic E-state index is 0.579. The van der Waals surface area contributed by atoms with Crippen LogP contribution < -0.4 is 5.32 Å². The average molecular weight is 305 g/mol. The molecular weight excluding hydrogens is 296 g/mol. The topological polar surface area (TPSA) is 68.0 Å². The molecule has 1 N–H and O–H groups in total. The van der Waals surface area contributed by atoms with Gasteiger partial charge in [0, 0.05) is 24.7 Å². The Morgan fingerprint density at radius 3 is 2.78 bits per heavy atom. The summed E-state index contributed by atoms with van der Waals surface area (Å²) in [6.45, 7) is 0.586. The van der Waals surface area contributed by atoms with E-state index in [4.69, 9.17) is 0 Å². The molecule has 3 aromatic heterocycles. The van der Waals surface area contributed by atoms with Crippen molar-refractivity contribution >= 4 is 27.5 Å². The maximum Gasteiger partial charge on any atom is 0.222 e. The predicted octanol–water partition coefficient (Wildman–Crippen LogP) is 1.89. The van der Waals surface area contributed by atoms with E-state index < -0.39 is 0 Å². The Morgan fingerprint density at radius 2 is 1.94 bits per heavy atom. The lowest BCUT2D eigenvalue weighted by Gasteiger charge is -2.06. The normalized spacial score (nSPS) is 10.7. The monoisotopic (exact) mass is 304 g/mol. The first kappa shape index (κ1) is 11.1. The van der Waals surface area contributed by atoms with Gasteiger partial charge in [0.05, 0.1) is 22.9 Å². The Bertz CT molecular complexity index is 663. The molecule has 0 aliphatic rings. The number of nitrogens with one attached hydrogen (secondary N) is 1. The minimum Gasteiger partial charge on any atom is -0.349 e. The van der Waals surface area contributed by atoms with E-state index in [1.54, 1.807) is 29.3 Å². The Morgan fingerprint density at radius 1 is 1.11 bits per heavy atom. The summed E-state index contributed by atoms with van der Waals surface area (Å²) in [5.74, 6) is 0.579. The summed E-state index contributed by atoms with van der Waals surface area (Å²) in [5, 5.41) is 7.35. The average Bonchev–Trinajstić information content (AvgIpc) is 2.87. The molecule has 3 aromatic rings. The molecule has 0 amide bonds. The maximum atomic E-state index is 4.21. The number of halogens is 1. The lowest BCUT2D eigenvalue weighted by molar-refractivity contribution is 0.848. The molecule has 0 spiro atoms. The maximum absolute atomic E-state index is 4.21. The number of aromatic nitrogens is 5. The van der Waals surface area contributed by atoms with Crippen molar-refractivity contribution in [3.63, 3.8) is 0 Å². The van der Waals surface area contributed by atoms with Crippen LogP contribution in [0.1, 0.15) is 5.69 Å². The molecule has 0 atom stereocenters. The quantitative estimate of drug-likeness (QED) is 0.800. The molecule has 3 rings (SSSR count). The second kappa shape index (κ2) is 4.69. The van der Waals surface area contributed by atoms with Gasteiger partial charge in [-0.15, -0.1) is 0 Å². The van der Waals surface area contributed by atoms with Crippen LogP contribution in [0.3, 0.4) is 0 Å². The highest BCUT2D eigenvalue weighted by atomic mass is 79.9. The summed E-state index contributed by atoms with van der Waals surface area (Å²) < 4.78 is 2.64. The summed E-state index contributed by atoms with van der Waals surface area (Å²) in [6, 6.07) is 3.77. The first-order valence-electron chi connectivity index (χ1n) is 5.32. The zero-order valence-corrected chi connectivity index (χ0v) is 10.9. The Labute approximate surface area is 111 Å². The van der Waals surface area contributed by atoms with Crippen molar-refractivity contribution in [1.29, 1.82) is 0 Å². The highest BCUT2D eigenvalue weighted by Gasteiger charge is 2.02. The van der Waals surface area contributed by atoms with Crippen molar-refractivity contribution < 1.29 is 0 Å². The van der Waals surface area contributed by atoms with Gasteiger partial charge in [-0.05, 0) is 22.0 Å². The number of anilines is 1. The molecule has 0 saturated heterocycles. The van der Waals surface area contributed by atoms with E-state index in [-0.39, 0.29) is 0 Å². The van der Waals surface area contributed by atoms with Crippen molar-refractivity contribution in [2.75, 3.05) is 5.32 Å². The molecule has 0 radical (unpaired) electrons. The molecule has 0 unspecified atom stereocenters. The van der Waals surface area contributed by atoms with Gasteiger partial charge in [-0.3, -0.25) is 0 Å². The third-order valence-corrected chi connectivity index (χ3v) is 2.83. The highest BCUT2D eigenvalue weighted by molar-refractivity contribution is 9.10. The molecule has 3 heterocycles. The molecule has 7 heteroatoms. The van der Waals surface area contributed by atoms with Crippen molar-refractivity contribution in [3.8, 4) is 0 Å². The zero-order chi connectivity index (χ0) is 12.4. The van der Waals surface area contributed by atoms with Crippen LogP contribution in [0.25, 0.3) is 5.65 Å². The van der Waals surface area contributed by atoms with Crippen molar-refractivity contribution in [2.24, 2.45) is 0 Å². The van der Waals surface area contributed by atoms with Crippen LogP contribution in [-0.4, -0.2) is 24.6 Å². The van der Waals surface area contributed by atoms with Crippen LogP contribution in [-0.2, 0) is 6.54 Å². The number of hydrogen-bond acceptors (Lipinski definition) is 5. The second-order valence-electron chi connectivity index (χ2n) is 3.62. The van der Waals surface area contributed by atoms with Crippen LogP contribution in [0.15, 0.2) is 41.4 Å². The molecular formula is C11H9BrN6. The second-order valence-corrected chi connectivity index (χ2v) is 4.53. The van der Waals surface area contributed by atoms with Gasteiger partial charge < -0.3 is 5.32 Å². The van der Waals surface area contributed by atoms with E-state index >= 15 is 0 Å². The minimum absolute atomic E-state index is 0.579. The summed E-state index contributed by atoms with van der Waals surface area (Å²) in [5.41, 5.74) is 1.82. The summed E-state index contributed by atoms with van der Waals surface area (Å²) >= 11 is 3.29. The Balaban J connectivity index is 1.80. The van der Waals surface area contributed by atoms with Crippen LogP contribution in [0, 0.1) is 0 Å². The third kappa shape index (κ3) is 2.17. The van der Waals surface area contributed by atoms with E-state index in [0.717, 1.165) is 15.8 Å². The fourth-order valence-electron chi connectivity index (χ4n) is 1.59. The standard InChI is InChI=1S/C11H9BrN6/c12-8-5-14-11(15-6-8)16-7-9-1-3-13-10-2-4-17-18(9)10/h1-6H,7H2,(H,14,15,16). The number of hydrogen-bond donors (Lipinski definition) is 1. The van der Waals surface area contributed by atoms with E-state index in [1.807, 2.05) is 12.1 Å². The number of nitrogens with zero attached hydrogens (tertiary/aromatic N) is 5. The van der Waals surface area contributed by atoms with E-state index in [0.29, 0.717) is 12.5 Å². The predicted molar refractivity (Wildman–Crippen MR) is 70.0 cm³/mol. The molecule has 6 nitrogen and oxygen atoms in total. The molecule has 0 fully saturated rings. The first-order chi connectivity index (χ1) is 8.83. The molecule has 0 aliphatic carbocycles. The van der Waals surface area contributed by atoms with Crippen LogP contribution in [0.2, 0.25) is 0 Å². The van der Waals surface area contributed by atoms with Crippen LogP contribution in [0.5, 0.6) is 0 Å². The third-order valence-electron chi connectivity index (χ3n) is 2.42. The zero-order valence-electron chi connectivity index (χ0n) is 9.29. The molecule has 18 heavy (non-hydrogen) atoms. The molecule has 0 aromatic carbocycles. The van der Waals surface area contributed by atoms with E-state index in [2.05, 4.69) is 41.3 Å². The van der Waals surface area contributed by atoms with Crippen molar-refractivity contribution in [3.05, 3.63) is 47.1 Å². The smallest absolute Gasteiger partial charge is 0.222 e. The van der Waals surface area contributed by atoms with Gasteiger partial charge in [0.1, 0.15) is 0 Å².